The summed E-state index contributed by atoms with van der Waals surface area (Å²) in [5.41, 5.74) is 4.52. The summed E-state index contributed by atoms with van der Waals surface area (Å²) in [6, 6.07) is 6.52. The molecule has 9 nitrogen and oxygen atoms in total. The van der Waals surface area contributed by atoms with Gasteiger partial charge in [-0.2, -0.15) is 0 Å². The minimum absolute atomic E-state index is 0.157. The van der Waals surface area contributed by atoms with Crippen LogP contribution in [0.2, 0.25) is 0 Å². The SMILES string of the molecule is CCOC(=O)CN1CCN(c2nccc3nc(CN(C)[C@H]4CCCc5cccnc54)cn23)CC1. The molecule has 0 radical (unpaired) electrons. The predicted molar refractivity (Wildman–Crippen MR) is 130 cm³/mol. The van der Waals surface area contributed by atoms with Crippen LogP contribution in [0.5, 0.6) is 0 Å². The molecule has 1 saturated heterocycles. The van der Waals surface area contributed by atoms with Gasteiger partial charge in [0.25, 0.3) is 0 Å². The van der Waals surface area contributed by atoms with Crippen LogP contribution in [0.15, 0.2) is 36.8 Å². The lowest BCUT2D eigenvalue weighted by molar-refractivity contribution is -0.144. The van der Waals surface area contributed by atoms with Gasteiger partial charge in [0, 0.05) is 51.3 Å². The number of anilines is 1. The highest BCUT2D eigenvalue weighted by atomic mass is 16.5. The number of ether oxygens (including phenoxy) is 1. The van der Waals surface area contributed by atoms with Gasteiger partial charge >= 0.3 is 5.97 Å². The first kappa shape index (κ1) is 22.7. The molecule has 1 atom stereocenters. The van der Waals surface area contributed by atoms with E-state index >= 15 is 0 Å². The van der Waals surface area contributed by atoms with Gasteiger partial charge in [-0.05, 0) is 50.9 Å². The molecule has 1 aliphatic heterocycles. The third-order valence-electron chi connectivity index (χ3n) is 6.83. The van der Waals surface area contributed by atoms with Crippen LogP contribution < -0.4 is 4.90 Å². The molecule has 3 aromatic rings. The van der Waals surface area contributed by atoms with Gasteiger partial charge in [0.15, 0.2) is 0 Å². The van der Waals surface area contributed by atoms with E-state index < -0.39 is 0 Å². The number of piperazine rings is 1. The maximum absolute atomic E-state index is 11.8. The number of nitrogens with zero attached hydrogens (tertiary/aromatic N) is 7. The monoisotopic (exact) mass is 463 g/mol. The first-order valence-electron chi connectivity index (χ1n) is 12.2. The van der Waals surface area contributed by atoms with Crippen LogP contribution in [-0.4, -0.2) is 81.5 Å². The number of aromatic nitrogens is 4. The Hall–Kier alpha value is -3.04. The van der Waals surface area contributed by atoms with Crippen LogP contribution >= 0.6 is 0 Å². The Morgan fingerprint density at radius 1 is 1.18 bits per heavy atom. The number of hydrogen-bond acceptors (Lipinski definition) is 8. The molecule has 5 rings (SSSR count). The van der Waals surface area contributed by atoms with Crippen molar-refractivity contribution in [1.82, 2.24) is 29.2 Å². The zero-order valence-electron chi connectivity index (χ0n) is 20.1. The smallest absolute Gasteiger partial charge is 0.320 e. The van der Waals surface area contributed by atoms with Crippen molar-refractivity contribution in [3.63, 3.8) is 0 Å². The van der Waals surface area contributed by atoms with E-state index in [1.165, 1.54) is 17.7 Å². The minimum Gasteiger partial charge on any atom is -0.465 e. The molecule has 0 spiro atoms. The van der Waals surface area contributed by atoms with E-state index in [1.54, 1.807) is 0 Å². The fourth-order valence-electron chi connectivity index (χ4n) is 5.14. The highest BCUT2D eigenvalue weighted by Crippen LogP contribution is 2.32. The summed E-state index contributed by atoms with van der Waals surface area (Å²) in [5.74, 6) is 0.745. The topological polar surface area (TPSA) is 79.1 Å². The van der Waals surface area contributed by atoms with E-state index in [9.17, 15) is 4.79 Å². The lowest BCUT2D eigenvalue weighted by atomic mass is 9.91. The van der Waals surface area contributed by atoms with Crippen molar-refractivity contribution in [1.29, 1.82) is 0 Å². The van der Waals surface area contributed by atoms with E-state index in [-0.39, 0.29) is 5.97 Å². The van der Waals surface area contributed by atoms with Gasteiger partial charge in [0.1, 0.15) is 5.65 Å². The Labute approximate surface area is 200 Å². The molecule has 4 heterocycles. The van der Waals surface area contributed by atoms with Crippen LogP contribution in [-0.2, 0) is 22.5 Å². The lowest BCUT2D eigenvalue weighted by Gasteiger charge is -2.34. The van der Waals surface area contributed by atoms with Crippen molar-refractivity contribution in [2.75, 3.05) is 51.3 Å². The molecular formula is C25H33N7O2. The van der Waals surface area contributed by atoms with Crippen molar-refractivity contribution in [2.24, 2.45) is 0 Å². The molecule has 0 unspecified atom stereocenters. The number of hydrogen-bond donors (Lipinski definition) is 0. The quantitative estimate of drug-likeness (QED) is 0.494. The van der Waals surface area contributed by atoms with Crippen LogP contribution in [0.4, 0.5) is 5.95 Å². The van der Waals surface area contributed by atoms with Crippen molar-refractivity contribution < 1.29 is 9.53 Å². The first-order chi connectivity index (χ1) is 16.6. The molecule has 0 bridgehead atoms. The lowest BCUT2D eigenvalue weighted by Crippen LogP contribution is -2.48. The number of aryl methyl sites for hydroxylation is 1. The van der Waals surface area contributed by atoms with E-state index in [4.69, 9.17) is 14.7 Å². The van der Waals surface area contributed by atoms with Crippen LogP contribution in [0.25, 0.3) is 5.65 Å². The van der Waals surface area contributed by atoms with Crippen LogP contribution in [0, 0.1) is 0 Å². The number of rotatable bonds is 7. The summed E-state index contributed by atoms with van der Waals surface area (Å²) >= 11 is 0. The largest absolute Gasteiger partial charge is 0.465 e. The Morgan fingerprint density at radius 2 is 2.03 bits per heavy atom. The standard InChI is InChI=1S/C25H33N7O2/c1-3-34-23(33)18-30-12-14-31(15-13-30)25-27-11-9-22-28-20(17-32(22)25)16-29(2)21-8-4-6-19-7-5-10-26-24(19)21/h5,7,9-11,17,21H,3-4,6,8,12-16,18H2,1-2H3/t21-/m0/s1. The third kappa shape index (κ3) is 4.76. The van der Waals surface area contributed by atoms with E-state index in [0.29, 0.717) is 19.2 Å². The first-order valence-corrected chi connectivity index (χ1v) is 12.2. The zero-order valence-corrected chi connectivity index (χ0v) is 20.1. The molecule has 3 aromatic heterocycles. The maximum Gasteiger partial charge on any atom is 0.320 e. The van der Waals surface area contributed by atoms with Crippen molar-refractivity contribution >= 4 is 17.6 Å². The molecule has 0 aromatic carbocycles. The predicted octanol–water partition coefficient (Wildman–Crippen LogP) is 2.32. The van der Waals surface area contributed by atoms with Crippen molar-refractivity contribution in [2.45, 2.75) is 38.8 Å². The van der Waals surface area contributed by atoms with Gasteiger partial charge in [-0.25, -0.2) is 9.97 Å². The Balaban J connectivity index is 1.28. The Morgan fingerprint density at radius 3 is 2.85 bits per heavy atom. The second-order valence-corrected chi connectivity index (χ2v) is 9.14. The minimum atomic E-state index is -0.157. The number of carbonyl (C=O) groups excluding carboxylic acids is 1. The van der Waals surface area contributed by atoms with Crippen LogP contribution in [0.1, 0.15) is 42.8 Å². The average Bonchev–Trinajstić information content (AvgIpc) is 3.27. The van der Waals surface area contributed by atoms with Gasteiger partial charge in [-0.3, -0.25) is 24.0 Å². The second kappa shape index (κ2) is 10.1. The number of imidazole rings is 1. The van der Waals surface area contributed by atoms with Gasteiger partial charge in [-0.1, -0.05) is 6.07 Å². The molecular weight excluding hydrogens is 430 g/mol. The van der Waals surface area contributed by atoms with E-state index in [0.717, 1.165) is 62.9 Å². The molecule has 2 aliphatic rings. The molecule has 9 heteroatoms. The van der Waals surface area contributed by atoms with Crippen molar-refractivity contribution in [3.05, 3.63) is 53.7 Å². The van der Waals surface area contributed by atoms with Gasteiger partial charge in [0.05, 0.1) is 30.6 Å². The maximum atomic E-state index is 11.8. The van der Waals surface area contributed by atoms with Crippen LogP contribution in [0.3, 0.4) is 0 Å². The summed E-state index contributed by atoms with van der Waals surface area (Å²) in [6.45, 7) is 6.59. The molecule has 1 fully saturated rings. The normalized spacial score (nSPS) is 18.9. The van der Waals surface area contributed by atoms with E-state index in [1.807, 2.05) is 31.5 Å². The second-order valence-electron chi connectivity index (χ2n) is 9.14. The molecule has 0 saturated carbocycles. The third-order valence-corrected chi connectivity index (χ3v) is 6.83. The fourth-order valence-corrected chi connectivity index (χ4v) is 5.14. The summed E-state index contributed by atoms with van der Waals surface area (Å²) in [6.07, 6.45) is 9.27. The fraction of sp³-hybridized carbons (Fsp3) is 0.520. The molecule has 0 amide bonds. The number of carbonyl (C=O) groups is 1. The Kier molecular flexibility index (Phi) is 6.73. The Bertz CT molecular complexity index is 1140. The summed E-state index contributed by atoms with van der Waals surface area (Å²) < 4.78 is 7.18. The zero-order chi connectivity index (χ0) is 23.5. The summed E-state index contributed by atoms with van der Waals surface area (Å²) in [7, 11) is 2.17. The van der Waals surface area contributed by atoms with Gasteiger partial charge < -0.3 is 9.64 Å². The number of pyridine rings is 1. The van der Waals surface area contributed by atoms with Crippen molar-refractivity contribution in [3.8, 4) is 0 Å². The van der Waals surface area contributed by atoms with Gasteiger partial charge in [-0.15, -0.1) is 0 Å². The number of fused-ring (bicyclic) bond motifs is 2. The highest BCUT2D eigenvalue weighted by Gasteiger charge is 2.26. The summed E-state index contributed by atoms with van der Waals surface area (Å²) in [5, 5.41) is 0. The van der Waals surface area contributed by atoms with Gasteiger partial charge in [0.2, 0.25) is 5.95 Å². The molecule has 1 aliphatic carbocycles. The molecule has 180 valence electrons. The van der Waals surface area contributed by atoms with E-state index in [2.05, 4.69) is 43.4 Å². The average molecular weight is 464 g/mol. The number of esters is 1. The highest BCUT2D eigenvalue weighted by molar-refractivity contribution is 5.71. The summed E-state index contributed by atoms with van der Waals surface area (Å²) in [4.78, 5) is 32.8. The molecule has 34 heavy (non-hydrogen) atoms. The molecule has 0 N–H and O–H groups in total.